The molecule has 0 bridgehead atoms. The molecule has 0 aromatic carbocycles. The highest BCUT2D eigenvalue weighted by Crippen LogP contribution is 2.25. The maximum absolute atomic E-state index is 12.6. The van der Waals surface area contributed by atoms with E-state index in [1.54, 1.807) is 22.6 Å². The Kier molecular flexibility index (Phi) is 7.56. The van der Waals surface area contributed by atoms with Gasteiger partial charge in [0.05, 0.1) is 6.61 Å². The Labute approximate surface area is 176 Å². The Morgan fingerprint density at radius 2 is 1.79 bits per heavy atom. The van der Waals surface area contributed by atoms with Gasteiger partial charge in [-0.05, 0) is 40.9 Å². The number of amides is 1. The van der Waals surface area contributed by atoms with Gasteiger partial charge in [-0.2, -0.15) is 0 Å². The Hall–Kier alpha value is -2.23. The third-order valence-corrected chi connectivity index (χ3v) is 4.97. The molecule has 1 aliphatic heterocycles. The molecule has 1 amide bonds. The van der Waals surface area contributed by atoms with E-state index in [0.717, 1.165) is 0 Å². The number of nitrogens with one attached hydrogen (secondary N) is 1. The van der Waals surface area contributed by atoms with Gasteiger partial charge < -0.3 is 23.8 Å². The highest BCUT2D eigenvalue weighted by Gasteiger charge is 2.31. The Morgan fingerprint density at radius 1 is 1.17 bits per heavy atom. The second-order valence-electron chi connectivity index (χ2n) is 7.56. The summed E-state index contributed by atoms with van der Waals surface area (Å²) < 4.78 is 12.4. The molecule has 10 heteroatoms. The molecule has 0 spiro atoms. The number of ether oxygens (including phenoxy) is 2. The molecule has 1 saturated heterocycles. The van der Waals surface area contributed by atoms with Crippen molar-refractivity contribution in [3.05, 3.63) is 11.4 Å². The lowest BCUT2D eigenvalue weighted by atomic mass is 10.2. The van der Waals surface area contributed by atoms with Crippen LogP contribution in [0.5, 0.6) is 0 Å². The number of anilines is 1. The second-order valence-corrected chi connectivity index (χ2v) is 8.38. The summed E-state index contributed by atoms with van der Waals surface area (Å²) >= 11 is 1.23. The van der Waals surface area contributed by atoms with Gasteiger partial charge in [0.2, 0.25) is 5.95 Å². The van der Waals surface area contributed by atoms with Gasteiger partial charge in [0, 0.05) is 32.7 Å². The van der Waals surface area contributed by atoms with E-state index in [1.807, 2.05) is 32.6 Å². The maximum Gasteiger partial charge on any atom is 0.410 e. The lowest BCUT2D eigenvalue weighted by molar-refractivity contribution is 0.0239. The molecule has 9 nitrogen and oxygen atoms in total. The number of esters is 1. The largest absolute Gasteiger partial charge is 0.461 e. The fourth-order valence-electron chi connectivity index (χ4n) is 3.06. The normalized spacial score (nSPS) is 14.7. The van der Waals surface area contributed by atoms with Gasteiger partial charge in [0.1, 0.15) is 16.3 Å². The van der Waals surface area contributed by atoms with Gasteiger partial charge in [0.15, 0.2) is 5.69 Å². The summed E-state index contributed by atoms with van der Waals surface area (Å²) in [5.74, 6) is 0.141. The first-order chi connectivity index (χ1) is 13.6. The summed E-state index contributed by atoms with van der Waals surface area (Å²) in [6.45, 7) is 12.1. The van der Waals surface area contributed by atoms with E-state index >= 15 is 0 Å². The van der Waals surface area contributed by atoms with E-state index in [4.69, 9.17) is 14.9 Å². The SMILES string of the molecule is CCOC(=O)c1c(C(=N)SC)nc(N2CCN(C(=O)OC(C)(C)C)CC2)n1CC. The summed E-state index contributed by atoms with van der Waals surface area (Å²) in [7, 11) is 0. The Bertz CT molecular complexity index is 763. The van der Waals surface area contributed by atoms with Crippen LogP contribution < -0.4 is 4.90 Å². The van der Waals surface area contributed by atoms with Gasteiger partial charge in [0.25, 0.3) is 0 Å². The minimum absolute atomic E-state index is 0.217. The highest BCUT2D eigenvalue weighted by molar-refractivity contribution is 8.13. The van der Waals surface area contributed by atoms with Gasteiger partial charge in [-0.25, -0.2) is 14.6 Å². The number of imidazole rings is 1. The number of nitrogens with zero attached hydrogens (tertiary/aromatic N) is 4. The fraction of sp³-hybridized carbons (Fsp3) is 0.684. The number of hydrogen-bond acceptors (Lipinski definition) is 8. The Morgan fingerprint density at radius 3 is 2.28 bits per heavy atom. The predicted molar refractivity (Wildman–Crippen MR) is 114 cm³/mol. The monoisotopic (exact) mass is 425 g/mol. The van der Waals surface area contributed by atoms with Crippen LogP contribution in [0.4, 0.5) is 10.7 Å². The molecule has 0 saturated carbocycles. The third-order valence-electron chi connectivity index (χ3n) is 4.37. The van der Waals surface area contributed by atoms with Crippen LogP contribution in [0.3, 0.4) is 0 Å². The van der Waals surface area contributed by atoms with Crippen LogP contribution in [0.25, 0.3) is 0 Å². The third kappa shape index (κ3) is 5.43. The second kappa shape index (κ2) is 9.51. The number of rotatable bonds is 5. The molecule has 1 aliphatic rings. The summed E-state index contributed by atoms with van der Waals surface area (Å²) in [5, 5.41) is 8.42. The van der Waals surface area contributed by atoms with Crippen molar-refractivity contribution in [2.75, 3.05) is 43.9 Å². The summed E-state index contributed by atoms with van der Waals surface area (Å²) in [5.41, 5.74) is 0.106. The number of hydrogen-bond donors (Lipinski definition) is 1. The van der Waals surface area contributed by atoms with Gasteiger partial charge in [-0.1, -0.05) is 0 Å². The lowest BCUT2D eigenvalue weighted by Gasteiger charge is -2.36. The van der Waals surface area contributed by atoms with Crippen LogP contribution in [0.15, 0.2) is 0 Å². The zero-order valence-corrected chi connectivity index (χ0v) is 18.9. The summed E-state index contributed by atoms with van der Waals surface area (Å²) in [4.78, 5) is 33.2. The first-order valence-corrected chi connectivity index (χ1v) is 11.0. The lowest BCUT2D eigenvalue weighted by Crippen LogP contribution is -2.50. The topological polar surface area (TPSA) is 101 Å². The number of carbonyl (C=O) groups is 2. The number of carbonyl (C=O) groups excluding carboxylic acids is 2. The molecular weight excluding hydrogens is 394 g/mol. The van der Waals surface area contributed by atoms with Crippen molar-refractivity contribution in [2.45, 2.75) is 46.8 Å². The molecule has 2 heterocycles. The van der Waals surface area contributed by atoms with Crippen molar-refractivity contribution in [3.63, 3.8) is 0 Å². The minimum Gasteiger partial charge on any atom is -0.461 e. The van der Waals surface area contributed by atoms with E-state index < -0.39 is 11.6 Å². The number of aromatic nitrogens is 2. The van der Waals surface area contributed by atoms with Gasteiger partial charge in [-0.15, -0.1) is 11.8 Å². The first kappa shape index (κ1) is 23.1. The van der Waals surface area contributed by atoms with Crippen molar-refractivity contribution in [2.24, 2.45) is 0 Å². The van der Waals surface area contributed by atoms with Gasteiger partial charge >= 0.3 is 12.1 Å². The van der Waals surface area contributed by atoms with Crippen molar-refractivity contribution in [3.8, 4) is 0 Å². The fourth-order valence-corrected chi connectivity index (χ4v) is 3.39. The molecule has 1 aromatic heterocycles. The van der Waals surface area contributed by atoms with E-state index in [1.165, 1.54) is 11.8 Å². The van der Waals surface area contributed by atoms with Crippen molar-refractivity contribution < 1.29 is 19.1 Å². The maximum atomic E-state index is 12.6. The van der Waals surface area contributed by atoms with Crippen molar-refractivity contribution in [1.82, 2.24) is 14.5 Å². The molecule has 2 rings (SSSR count). The molecule has 1 aromatic rings. The summed E-state index contributed by atoms with van der Waals surface area (Å²) in [6.07, 6.45) is 1.45. The van der Waals surface area contributed by atoms with Crippen LogP contribution in [0, 0.1) is 5.41 Å². The molecule has 1 fully saturated rings. The number of thioether (sulfide) groups is 1. The predicted octanol–water partition coefficient (Wildman–Crippen LogP) is 2.83. The van der Waals surface area contributed by atoms with E-state index in [-0.39, 0.29) is 17.7 Å². The van der Waals surface area contributed by atoms with Crippen LogP contribution in [0.1, 0.15) is 50.8 Å². The average molecular weight is 426 g/mol. The molecule has 0 aliphatic carbocycles. The molecule has 0 radical (unpaired) electrons. The van der Waals surface area contributed by atoms with Crippen molar-refractivity contribution in [1.29, 1.82) is 5.41 Å². The molecule has 29 heavy (non-hydrogen) atoms. The van der Waals surface area contributed by atoms with E-state index in [9.17, 15) is 9.59 Å². The van der Waals surface area contributed by atoms with Gasteiger partial charge in [-0.3, -0.25) is 5.41 Å². The quantitative estimate of drug-likeness (QED) is 0.440. The molecule has 1 N–H and O–H groups in total. The smallest absolute Gasteiger partial charge is 0.410 e. The van der Waals surface area contributed by atoms with E-state index in [0.29, 0.717) is 50.1 Å². The number of piperazine rings is 1. The minimum atomic E-state index is -0.533. The zero-order valence-electron chi connectivity index (χ0n) is 18.1. The molecule has 162 valence electrons. The first-order valence-electron chi connectivity index (χ1n) is 9.76. The van der Waals surface area contributed by atoms with Crippen LogP contribution >= 0.6 is 11.8 Å². The molecule has 0 atom stereocenters. The van der Waals surface area contributed by atoms with Crippen molar-refractivity contribution >= 4 is 34.8 Å². The van der Waals surface area contributed by atoms with Crippen LogP contribution in [0.2, 0.25) is 0 Å². The van der Waals surface area contributed by atoms with Crippen LogP contribution in [-0.4, -0.2) is 76.2 Å². The Balaban J connectivity index is 2.26. The van der Waals surface area contributed by atoms with E-state index in [2.05, 4.69) is 4.98 Å². The summed E-state index contributed by atoms with van der Waals surface area (Å²) in [6, 6.07) is 0. The standard InChI is InChI=1S/C19H31N5O4S/c1-7-24-14(16(25)27-8-2)13(15(20)29-6)21-17(24)22-9-11-23(12-10-22)18(26)28-19(3,4)5/h20H,7-12H2,1-6H3. The zero-order chi connectivity index (χ0) is 21.8. The molecule has 0 unspecified atom stereocenters. The average Bonchev–Trinajstić information content (AvgIpc) is 3.06. The van der Waals surface area contributed by atoms with Crippen LogP contribution in [-0.2, 0) is 16.0 Å². The highest BCUT2D eigenvalue weighted by atomic mass is 32.2. The molecular formula is C19H31N5O4S.